The van der Waals surface area contributed by atoms with Gasteiger partial charge in [0.05, 0.1) is 19.8 Å². The molecular weight excluding hydrogens is 385 g/mol. The number of hydrogen-bond donors (Lipinski definition) is 0. The molecule has 1 aliphatic rings. The van der Waals surface area contributed by atoms with Crippen LogP contribution < -0.4 is 4.74 Å². The predicted octanol–water partition coefficient (Wildman–Crippen LogP) is 3.95. The lowest BCUT2D eigenvalue weighted by Crippen LogP contribution is -2.32. The maximum Gasteiger partial charge on any atom is 0.270 e. The number of thioether (sulfide) groups is 1. The lowest BCUT2D eigenvalue weighted by Gasteiger charge is -2.27. The van der Waals surface area contributed by atoms with E-state index < -0.39 is 0 Å². The minimum absolute atomic E-state index is 0.257. The van der Waals surface area contributed by atoms with E-state index >= 15 is 0 Å². The summed E-state index contributed by atoms with van der Waals surface area (Å²) in [4.78, 5) is 1.24. The van der Waals surface area contributed by atoms with E-state index in [0.29, 0.717) is 38.3 Å². The van der Waals surface area contributed by atoms with Crippen LogP contribution in [0.2, 0.25) is 12.6 Å². The number of terminal acetylenes is 1. The van der Waals surface area contributed by atoms with Crippen molar-refractivity contribution in [3.05, 3.63) is 24.3 Å². The fourth-order valence-corrected chi connectivity index (χ4v) is 4.17. The van der Waals surface area contributed by atoms with E-state index in [0.717, 1.165) is 50.9 Å². The van der Waals surface area contributed by atoms with Crippen molar-refractivity contribution < 1.29 is 18.9 Å². The molecule has 0 aliphatic carbocycles. The zero-order valence-electron chi connectivity index (χ0n) is 17.0. The molecule has 1 heterocycles. The summed E-state index contributed by atoms with van der Waals surface area (Å²) in [5, 5.41) is 9.41. The van der Waals surface area contributed by atoms with E-state index in [4.69, 9.17) is 30.6 Å². The van der Waals surface area contributed by atoms with Crippen molar-refractivity contribution in [2.75, 3.05) is 46.2 Å². The van der Waals surface area contributed by atoms with Crippen LogP contribution >= 0.6 is 11.8 Å². The second kappa shape index (κ2) is 15.2. The molecule has 0 bridgehead atoms. The van der Waals surface area contributed by atoms with E-state index in [-0.39, 0.29) is 6.71 Å². The minimum atomic E-state index is 0.257. The van der Waals surface area contributed by atoms with Gasteiger partial charge in [-0.3, -0.25) is 0 Å². The molecule has 0 radical (unpaired) electrons. The van der Waals surface area contributed by atoms with E-state index in [1.54, 1.807) is 0 Å². The van der Waals surface area contributed by atoms with Crippen LogP contribution in [-0.4, -0.2) is 58.2 Å². The van der Waals surface area contributed by atoms with Crippen molar-refractivity contribution in [1.29, 1.82) is 5.26 Å². The van der Waals surface area contributed by atoms with Crippen molar-refractivity contribution in [3.63, 3.8) is 0 Å². The molecule has 1 aliphatic heterocycles. The third-order valence-corrected chi connectivity index (χ3v) is 5.80. The molecule has 7 heteroatoms. The molecule has 0 saturated carbocycles. The average Bonchev–Trinajstić information content (AvgIpc) is 2.71. The molecular formula is C22H30BNO4S. The minimum Gasteiger partial charge on any atom is -0.491 e. The van der Waals surface area contributed by atoms with E-state index in [1.807, 2.05) is 23.9 Å². The van der Waals surface area contributed by atoms with Gasteiger partial charge in [0, 0.05) is 24.1 Å². The largest absolute Gasteiger partial charge is 0.491 e. The molecule has 5 nitrogen and oxygen atoms in total. The molecule has 0 spiro atoms. The van der Waals surface area contributed by atoms with Crippen molar-refractivity contribution in [2.24, 2.45) is 0 Å². The van der Waals surface area contributed by atoms with Crippen LogP contribution in [0.4, 0.5) is 0 Å². The number of nitrogens with zero attached hydrogens (tertiary/aromatic N) is 1. The normalized spacial score (nSPS) is 13.5. The van der Waals surface area contributed by atoms with E-state index in [1.165, 1.54) is 4.90 Å². The van der Waals surface area contributed by atoms with Crippen LogP contribution in [0.3, 0.4) is 0 Å². The van der Waals surface area contributed by atoms with Gasteiger partial charge in [-0.2, -0.15) is 0 Å². The number of benzene rings is 1. The summed E-state index contributed by atoms with van der Waals surface area (Å²) in [5.74, 6) is 5.61. The van der Waals surface area contributed by atoms with Crippen LogP contribution in [0.25, 0.3) is 0 Å². The van der Waals surface area contributed by atoms with E-state index in [9.17, 15) is 0 Å². The predicted molar refractivity (Wildman–Crippen MR) is 118 cm³/mol. The first kappa shape index (κ1) is 23.6. The number of nitriles is 1. The van der Waals surface area contributed by atoms with Gasteiger partial charge in [-0.25, -0.2) is 5.26 Å². The van der Waals surface area contributed by atoms with Gasteiger partial charge in [-0.1, -0.05) is 5.92 Å². The second-order valence-corrected chi connectivity index (χ2v) is 8.27. The fourth-order valence-electron chi connectivity index (χ4n) is 2.83. The summed E-state index contributed by atoms with van der Waals surface area (Å²) in [5.41, 5.74) is 0. The quantitative estimate of drug-likeness (QED) is 0.232. The Morgan fingerprint density at radius 1 is 0.931 bits per heavy atom. The Labute approximate surface area is 179 Å². The smallest absolute Gasteiger partial charge is 0.270 e. The number of ether oxygens (including phenoxy) is 4. The van der Waals surface area contributed by atoms with Crippen molar-refractivity contribution in [3.8, 4) is 24.1 Å². The maximum absolute atomic E-state index is 8.83. The van der Waals surface area contributed by atoms with Gasteiger partial charge in [0.25, 0.3) is 6.71 Å². The average molecular weight is 415 g/mol. The van der Waals surface area contributed by atoms with Gasteiger partial charge in [0.2, 0.25) is 0 Å². The zero-order valence-corrected chi connectivity index (χ0v) is 17.8. The Hall–Kier alpha value is -1.64. The second-order valence-electron chi connectivity index (χ2n) is 6.90. The Morgan fingerprint density at radius 3 is 2.24 bits per heavy atom. The Bertz CT molecular complexity index is 638. The van der Waals surface area contributed by atoms with Crippen molar-refractivity contribution in [1.82, 2.24) is 0 Å². The molecule has 1 aromatic rings. The lowest BCUT2D eigenvalue weighted by atomic mass is 9.36. The van der Waals surface area contributed by atoms with Crippen LogP contribution in [0.5, 0.6) is 5.75 Å². The standard InChI is InChI=1S/C22H30BNO4S/c1-2-10-25-13-14-26-11-4-3-5-12-27-15-16-28-20-6-8-21(9-7-20)29-22-17-23(18-22)19-24/h1,6-9,22H,3-5,10-18H2. The first-order valence-electron chi connectivity index (χ1n) is 10.3. The summed E-state index contributed by atoms with van der Waals surface area (Å²) >= 11 is 1.85. The molecule has 0 N–H and O–H groups in total. The highest BCUT2D eigenvalue weighted by molar-refractivity contribution is 8.00. The van der Waals surface area contributed by atoms with Gasteiger partial charge >= 0.3 is 0 Å². The van der Waals surface area contributed by atoms with Gasteiger partial charge in [0.1, 0.15) is 19.0 Å². The molecule has 2 rings (SSSR count). The van der Waals surface area contributed by atoms with E-state index in [2.05, 4.69) is 24.0 Å². The van der Waals surface area contributed by atoms with Crippen molar-refractivity contribution >= 4 is 18.5 Å². The molecule has 0 amide bonds. The highest BCUT2D eigenvalue weighted by Gasteiger charge is 2.33. The van der Waals surface area contributed by atoms with Crippen LogP contribution in [0.15, 0.2) is 29.2 Å². The molecule has 29 heavy (non-hydrogen) atoms. The Morgan fingerprint density at radius 2 is 1.59 bits per heavy atom. The summed E-state index contributed by atoms with van der Waals surface area (Å²) in [6.07, 6.45) is 10.2. The molecule has 1 fully saturated rings. The fraction of sp³-hybridized carbons (Fsp3) is 0.591. The topological polar surface area (TPSA) is 60.7 Å². The van der Waals surface area contributed by atoms with Crippen LogP contribution in [0.1, 0.15) is 19.3 Å². The Balaban J connectivity index is 1.37. The molecule has 1 aromatic carbocycles. The van der Waals surface area contributed by atoms with Crippen LogP contribution in [0, 0.1) is 23.6 Å². The van der Waals surface area contributed by atoms with Crippen LogP contribution in [-0.2, 0) is 14.2 Å². The maximum atomic E-state index is 8.83. The summed E-state index contributed by atoms with van der Waals surface area (Å²) in [6.45, 7) is 4.39. The summed E-state index contributed by atoms with van der Waals surface area (Å²) < 4.78 is 21.9. The first-order chi connectivity index (χ1) is 14.3. The monoisotopic (exact) mass is 415 g/mol. The lowest BCUT2D eigenvalue weighted by molar-refractivity contribution is 0.0564. The highest BCUT2D eigenvalue weighted by atomic mass is 32.2. The highest BCUT2D eigenvalue weighted by Crippen LogP contribution is 2.37. The van der Waals surface area contributed by atoms with Gasteiger partial charge in [-0.15, -0.1) is 18.2 Å². The SMILES string of the molecule is C#CCOCCOCCCCCOCCOc1ccc(SC2CB(C#N)C2)cc1. The third-order valence-electron chi connectivity index (χ3n) is 4.54. The number of rotatable bonds is 16. The Kier molecular flexibility index (Phi) is 12.4. The van der Waals surface area contributed by atoms with Crippen molar-refractivity contribution in [2.45, 2.75) is 42.0 Å². The molecule has 0 atom stereocenters. The summed E-state index contributed by atoms with van der Waals surface area (Å²) in [7, 11) is 0. The molecule has 0 aromatic heterocycles. The van der Waals surface area contributed by atoms with Gasteiger partial charge in [-0.05, 0) is 61.4 Å². The summed E-state index contributed by atoms with van der Waals surface area (Å²) in [6, 6.07) is 8.18. The van der Waals surface area contributed by atoms with Gasteiger partial charge < -0.3 is 18.9 Å². The third kappa shape index (κ3) is 10.6. The van der Waals surface area contributed by atoms with Gasteiger partial charge in [0.15, 0.2) is 0 Å². The molecule has 156 valence electrons. The molecule has 0 unspecified atom stereocenters. The number of unbranched alkanes of at least 4 members (excludes halogenated alkanes) is 2. The zero-order chi connectivity index (χ0) is 20.6. The molecule has 1 saturated heterocycles. The first-order valence-corrected chi connectivity index (χ1v) is 11.2. The number of hydrogen-bond acceptors (Lipinski definition) is 6.